The molecule has 6 nitrogen and oxygen atoms in total. The van der Waals surface area contributed by atoms with Crippen LogP contribution in [0.15, 0.2) is 48.8 Å². The Hall–Kier alpha value is -2.96. The Kier molecular flexibility index (Phi) is 4.81. The predicted octanol–water partition coefficient (Wildman–Crippen LogP) is 1.06. The molecule has 1 aromatic heterocycles. The van der Waals surface area contributed by atoms with Gasteiger partial charge in [-0.1, -0.05) is 0 Å². The molecule has 1 heterocycles. The maximum absolute atomic E-state index is 12.7. The maximum Gasteiger partial charge on any atom is 0.276 e. The van der Waals surface area contributed by atoms with Crippen molar-refractivity contribution in [3.63, 3.8) is 0 Å². The van der Waals surface area contributed by atoms with Crippen molar-refractivity contribution in [2.24, 2.45) is 0 Å². The molecule has 21 heavy (non-hydrogen) atoms. The highest BCUT2D eigenvalue weighted by atomic mass is 19.1. The van der Waals surface area contributed by atoms with Gasteiger partial charge in [-0.3, -0.25) is 25.4 Å². The number of pyridine rings is 1. The number of carbonyl (C=O) groups is 2. The van der Waals surface area contributed by atoms with Crippen molar-refractivity contribution in [3.8, 4) is 5.75 Å². The summed E-state index contributed by atoms with van der Waals surface area (Å²) >= 11 is 0. The highest BCUT2D eigenvalue weighted by Gasteiger charge is 2.07. The lowest BCUT2D eigenvalue weighted by Crippen LogP contribution is -2.43. The number of hydrogen-bond donors (Lipinski definition) is 2. The van der Waals surface area contributed by atoms with Gasteiger partial charge in [-0.15, -0.1) is 0 Å². The van der Waals surface area contributed by atoms with E-state index >= 15 is 0 Å². The Morgan fingerprint density at radius 2 is 1.90 bits per heavy atom. The zero-order chi connectivity index (χ0) is 15.1. The molecule has 0 aliphatic rings. The fourth-order valence-electron chi connectivity index (χ4n) is 1.41. The lowest BCUT2D eigenvalue weighted by molar-refractivity contribution is -0.123. The highest BCUT2D eigenvalue weighted by Crippen LogP contribution is 2.10. The molecule has 0 radical (unpaired) electrons. The number of amides is 2. The molecule has 0 unspecified atom stereocenters. The molecule has 7 heteroatoms. The van der Waals surface area contributed by atoms with Gasteiger partial charge in [0.2, 0.25) is 0 Å². The first-order valence-electron chi connectivity index (χ1n) is 6.03. The molecular weight excluding hydrogens is 277 g/mol. The smallest absolute Gasteiger partial charge is 0.276 e. The summed E-state index contributed by atoms with van der Waals surface area (Å²) in [6, 6.07) is 8.40. The van der Waals surface area contributed by atoms with Crippen molar-refractivity contribution in [3.05, 3.63) is 60.2 Å². The van der Waals surface area contributed by atoms with Gasteiger partial charge >= 0.3 is 0 Å². The first-order chi connectivity index (χ1) is 10.1. The third kappa shape index (κ3) is 4.57. The van der Waals surface area contributed by atoms with E-state index in [1.54, 1.807) is 12.1 Å². The fraction of sp³-hybridized carbons (Fsp3) is 0.0714. The number of aromatic nitrogens is 1. The van der Waals surface area contributed by atoms with Crippen LogP contribution in [0.4, 0.5) is 4.39 Å². The molecule has 0 atom stereocenters. The number of halogens is 1. The Morgan fingerprint density at radius 3 is 2.57 bits per heavy atom. The second-order valence-electron chi connectivity index (χ2n) is 3.99. The molecule has 2 rings (SSSR count). The van der Waals surface area contributed by atoms with Crippen LogP contribution in [0, 0.1) is 5.82 Å². The monoisotopic (exact) mass is 289 g/mol. The predicted molar refractivity (Wildman–Crippen MR) is 71.7 cm³/mol. The van der Waals surface area contributed by atoms with Crippen LogP contribution in [-0.2, 0) is 4.79 Å². The number of nitrogens with one attached hydrogen (secondary N) is 2. The van der Waals surface area contributed by atoms with E-state index in [4.69, 9.17) is 4.74 Å². The van der Waals surface area contributed by atoms with Crippen LogP contribution >= 0.6 is 0 Å². The molecule has 1 aromatic carbocycles. The van der Waals surface area contributed by atoms with Crippen LogP contribution in [0.1, 0.15) is 10.4 Å². The van der Waals surface area contributed by atoms with Crippen LogP contribution in [-0.4, -0.2) is 23.4 Å². The van der Waals surface area contributed by atoms with E-state index in [0.29, 0.717) is 11.3 Å². The average Bonchev–Trinajstić information content (AvgIpc) is 2.53. The SMILES string of the molecule is O=C(COc1ccc(F)cc1)NNC(=O)c1cccnc1. The van der Waals surface area contributed by atoms with Crippen LogP contribution in [0.3, 0.4) is 0 Å². The molecule has 108 valence electrons. The minimum Gasteiger partial charge on any atom is -0.484 e. The Morgan fingerprint density at radius 1 is 1.14 bits per heavy atom. The summed E-state index contributed by atoms with van der Waals surface area (Å²) in [6.07, 6.45) is 2.91. The molecular formula is C14H12FN3O3. The second-order valence-corrected chi connectivity index (χ2v) is 3.99. The Balaban J connectivity index is 1.75. The average molecular weight is 289 g/mol. The summed E-state index contributed by atoms with van der Waals surface area (Å²) < 4.78 is 17.8. The first kappa shape index (κ1) is 14.4. The summed E-state index contributed by atoms with van der Waals surface area (Å²) in [5.41, 5.74) is 4.74. The topological polar surface area (TPSA) is 80.3 Å². The second kappa shape index (κ2) is 6.99. The van der Waals surface area contributed by atoms with Gasteiger partial charge < -0.3 is 4.74 Å². The van der Waals surface area contributed by atoms with Gasteiger partial charge in [0.25, 0.3) is 11.8 Å². The van der Waals surface area contributed by atoms with Crippen molar-refractivity contribution >= 4 is 11.8 Å². The van der Waals surface area contributed by atoms with E-state index in [0.717, 1.165) is 0 Å². The van der Waals surface area contributed by atoms with Crippen molar-refractivity contribution in [2.45, 2.75) is 0 Å². The lowest BCUT2D eigenvalue weighted by atomic mass is 10.3. The third-order valence-electron chi connectivity index (χ3n) is 2.42. The fourth-order valence-corrected chi connectivity index (χ4v) is 1.41. The minimum atomic E-state index is -0.545. The normalized spacial score (nSPS) is 9.76. The van der Waals surface area contributed by atoms with Crippen LogP contribution in [0.5, 0.6) is 5.75 Å². The molecule has 2 N–H and O–H groups in total. The van der Waals surface area contributed by atoms with Crippen LogP contribution in [0.25, 0.3) is 0 Å². The summed E-state index contributed by atoms with van der Waals surface area (Å²) in [6.45, 7) is -0.307. The zero-order valence-electron chi connectivity index (χ0n) is 10.9. The zero-order valence-corrected chi connectivity index (χ0v) is 10.9. The van der Waals surface area contributed by atoms with Crippen LogP contribution in [0.2, 0.25) is 0 Å². The lowest BCUT2D eigenvalue weighted by Gasteiger charge is -2.08. The van der Waals surface area contributed by atoms with Crippen molar-refractivity contribution in [2.75, 3.05) is 6.61 Å². The number of hydrogen-bond acceptors (Lipinski definition) is 4. The number of benzene rings is 1. The molecule has 0 aliphatic carbocycles. The van der Waals surface area contributed by atoms with E-state index in [-0.39, 0.29) is 6.61 Å². The highest BCUT2D eigenvalue weighted by molar-refractivity contribution is 5.95. The summed E-state index contributed by atoms with van der Waals surface area (Å²) in [4.78, 5) is 26.9. The number of rotatable bonds is 4. The van der Waals surface area contributed by atoms with E-state index in [9.17, 15) is 14.0 Å². The van der Waals surface area contributed by atoms with Gasteiger partial charge in [0.05, 0.1) is 5.56 Å². The molecule has 0 saturated heterocycles. The molecule has 2 aromatic rings. The van der Waals surface area contributed by atoms with E-state index in [1.165, 1.54) is 36.7 Å². The third-order valence-corrected chi connectivity index (χ3v) is 2.42. The van der Waals surface area contributed by atoms with Gasteiger partial charge in [-0.25, -0.2) is 4.39 Å². The standard InChI is InChI=1S/C14H12FN3O3/c15-11-3-5-12(6-4-11)21-9-13(19)17-18-14(20)10-2-1-7-16-8-10/h1-8H,9H2,(H,17,19)(H,18,20). The minimum absolute atomic E-state index is 0.307. The Bertz CT molecular complexity index is 617. The largest absolute Gasteiger partial charge is 0.484 e. The quantitative estimate of drug-likeness (QED) is 0.825. The van der Waals surface area contributed by atoms with E-state index in [2.05, 4.69) is 15.8 Å². The molecule has 0 spiro atoms. The summed E-state index contributed by atoms with van der Waals surface area (Å²) in [7, 11) is 0. The summed E-state index contributed by atoms with van der Waals surface area (Å²) in [5, 5.41) is 0. The molecule has 0 bridgehead atoms. The van der Waals surface area contributed by atoms with E-state index < -0.39 is 17.6 Å². The van der Waals surface area contributed by atoms with Gasteiger partial charge in [-0.05, 0) is 36.4 Å². The molecule has 0 aliphatic heterocycles. The van der Waals surface area contributed by atoms with Crippen molar-refractivity contribution in [1.82, 2.24) is 15.8 Å². The number of nitrogens with zero attached hydrogens (tertiary/aromatic N) is 1. The van der Waals surface area contributed by atoms with Crippen molar-refractivity contribution < 1.29 is 18.7 Å². The van der Waals surface area contributed by atoms with Gasteiger partial charge in [0, 0.05) is 12.4 Å². The number of carbonyl (C=O) groups excluding carboxylic acids is 2. The van der Waals surface area contributed by atoms with E-state index in [1.807, 2.05) is 0 Å². The van der Waals surface area contributed by atoms with Gasteiger partial charge in [0.15, 0.2) is 6.61 Å². The van der Waals surface area contributed by atoms with Crippen LogP contribution < -0.4 is 15.6 Å². The number of ether oxygens (including phenoxy) is 1. The first-order valence-corrected chi connectivity index (χ1v) is 6.03. The molecule has 2 amide bonds. The number of hydrazine groups is 1. The maximum atomic E-state index is 12.7. The summed E-state index contributed by atoms with van der Waals surface area (Å²) in [5.74, 6) is -1.07. The molecule has 0 fully saturated rings. The van der Waals surface area contributed by atoms with Gasteiger partial charge in [0.1, 0.15) is 11.6 Å². The Labute approximate surface area is 119 Å². The molecule has 0 saturated carbocycles. The van der Waals surface area contributed by atoms with Crippen molar-refractivity contribution in [1.29, 1.82) is 0 Å². The van der Waals surface area contributed by atoms with Gasteiger partial charge in [-0.2, -0.15) is 0 Å².